The Morgan fingerprint density at radius 2 is 2.08 bits per heavy atom. The Morgan fingerprint density at radius 3 is 2.67 bits per heavy atom. The van der Waals surface area contributed by atoms with Crippen LogP contribution in [-0.4, -0.2) is 12.6 Å². The van der Waals surface area contributed by atoms with Crippen LogP contribution >= 0.6 is 0 Å². The highest BCUT2D eigenvalue weighted by Gasteiger charge is 2.06. The van der Waals surface area contributed by atoms with Gasteiger partial charge in [0.2, 0.25) is 0 Å². The minimum Gasteiger partial charge on any atom is -0.282 e. The molecule has 0 aromatic heterocycles. The monoisotopic (exact) mass is 168 g/mol. The Balaban J connectivity index is 3.22. The molecule has 0 aliphatic rings. The Kier molecular flexibility index (Phi) is 2.28. The second kappa shape index (κ2) is 3.21. The molecule has 1 aromatic carbocycles. The fourth-order valence-electron chi connectivity index (χ4n) is 0.764. The molecule has 0 spiro atoms. The van der Waals surface area contributed by atoms with Crippen LogP contribution in [0.1, 0.15) is 5.56 Å². The van der Waals surface area contributed by atoms with Gasteiger partial charge in [0.25, 0.3) is 0 Å². The van der Waals surface area contributed by atoms with Crippen molar-refractivity contribution in [2.45, 2.75) is 0 Å². The van der Waals surface area contributed by atoms with Gasteiger partial charge in [-0.2, -0.15) is 0 Å². The van der Waals surface area contributed by atoms with Crippen molar-refractivity contribution in [3.8, 4) is 0 Å². The van der Waals surface area contributed by atoms with Crippen LogP contribution in [0.2, 0.25) is 0 Å². The third-order valence-corrected chi connectivity index (χ3v) is 1.34. The van der Waals surface area contributed by atoms with E-state index >= 15 is 0 Å². The van der Waals surface area contributed by atoms with E-state index < -0.39 is 11.6 Å². The average Bonchev–Trinajstić information content (AvgIpc) is 2.08. The molecule has 1 N–H and O–H groups in total. The summed E-state index contributed by atoms with van der Waals surface area (Å²) in [6, 6.07) is 2.84. The highest BCUT2D eigenvalue weighted by molar-refractivity contribution is 5.99. The highest BCUT2D eigenvalue weighted by Crippen LogP contribution is 2.10. The maximum absolute atomic E-state index is 12.8. The zero-order chi connectivity index (χ0) is 9.14. The summed E-state index contributed by atoms with van der Waals surface area (Å²) in [5, 5.41) is 7.08. The quantitative estimate of drug-likeness (QED) is 0.491. The molecule has 1 rings (SSSR count). The molecule has 0 saturated heterocycles. The number of halogens is 2. The highest BCUT2D eigenvalue weighted by atomic mass is 19.1. The largest absolute Gasteiger partial charge is 0.282 e. The van der Waals surface area contributed by atoms with Gasteiger partial charge in [-0.25, -0.2) is 13.8 Å². The first kappa shape index (κ1) is 8.52. The smallest absolute Gasteiger partial charge is 0.154 e. The van der Waals surface area contributed by atoms with Crippen LogP contribution in [0.15, 0.2) is 23.2 Å². The molecule has 0 saturated carbocycles. The first-order valence-electron chi connectivity index (χ1n) is 3.16. The van der Waals surface area contributed by atoms with Gasteiger partial charge in [0.05, 0.1) is 5.56 Å². The molecule has 1 aromatic rings. The average molecular weight is 168 g/mol. The number of nitrogens with one attached hydrogen (secondary N) is 1. The molecule has 0 radical (unpaired) electrons. The summed E-state index contributed by atoms with van der Waals surface area (Å²) in [6.07, 6.45) is 0. The first-order valence-corrected chi connectivity index (χ1v) is 3.16. The number of hydrogen-bond acceptors (Lipinski definition) is 1. The van der Waals surface area contributed by atoms with Gasteiger partial charge in [0.1, 0.15) is 11.6 Å². The van der Waals surface area contributed by atoms with Crippen LogP contribution in [-0.2, 0) is 0 Å². The molecule has 0 atom stereocenters. The molecule has 0 unspecified atom stereocenters. The first-order chi connectivity index (χ1) is 5.65. The number of rotatable bonds is 1. The van der Waals surface area contributed by atoms with Gasteiger partial charge in [-0.05, 0) is 24.9 Å². The van der Waals surface area contributed by atoms with Gasteiger partial charge in [-0.15, -0.1) is 0 Å². The maximum Gasteiger partial charge on any atom is 0.154 e. The Bertz CT molecular complexity index is 334. The van der Waals surface area contributed by atoms with Crippen LogP contribution in [0.25, 0.3) is 0 Å². The lowest BCUT2D eigenvalue weighted by molar-refractivity contribution is 0.597. The minimum atomic E-state index is -0.672. The van der Waals surface area contributed by atoms with E-state index in [2.05, 4.69) is 11.7 Å². The SMILES string of the molecule is C=NC(=N)c1cc(F)ccc1F. The molecule has 62 valence electrons. The summed E-state index contributed by atoms with van der Waals surface area (Å²) in [7, 11) is 0. The minimum absolute atomic E-state index is 0.176. The van der Waals surface area contributed by atoms with Crippen molar-refractivity contribution in [3.63, 3.8) is 0 Å². The van der Waals surface area contributed by atoms with E-state index in [-0.39, 0.29) is 11.4 Å². The summed E-state index contributed by atoms with van der Waals surface area (Å²) < 4.78 is 25.3. The van der Waals surface area contributed by atoms with Crippen molar-refractivity contribution in [1.82, 2.24) is 0 Å². The van der Waals surface area contributed by atoms with Gasteiger partial charge < -0.3 is 0 Å². The summed E-state index contributed by atoms with van der Waals surface area (Å²) >= 11 is 0. The standard InChI is InChI=1S/C8H6F2N2/c1-12-8(11)6-4-5(9)2-3-7(6)10/h2-4,11H,1H2. The van der Waals surface area contributed by atoms with Crippen molar-refractivity contribution in [2.24, 2.45) is 4.99 Å². The molecule has 0 bridgehead atoms. The molecule has 12 heavy (non-hydrogen) atoms. The van der Waals surface area contributed by atoms with Gasteiger partial charge in [0, 0.05) is 0 Å². The van der Waals surface area contributed by atoms with Gasteiger partial charge in [0.15, 0.2) is 5.84 Å². The molecule has 0 fully saturated rings. The maximum atomic E-state index is 12.8. The molecule has 4 heteroatoms. The predicted octanol–water partition coefficient (Wildman–Crippen LogP) is 1.99. The predicted molar refractivity (Wildman–Crippen MR) is 42.7 cm³/mol. The van der Waals surface area contributed by atoms with E-state index in [9.17, 15) is 8.78 Å². The Hall–Kier alpha value is -1.58. The fourth-order valence-corrected chi connectivity index (χ4v) is 0.764. The summed E-state index contributed by atoms with van der Waals surface area (Å²) in [5.74, 6) is -1.64. The summed E-state index contributed by atoms with van der Waals surface area (Å²) in [5.41, 5.74) is -0.176. The molecular weight excluding hydrogens is 162 g/mol. The zero-order valence-electron chi connectivity index (χ0n) is 6.14. The van der Waals surface area contributed by atoms with E-state index in [0.717, 1.165) is 18.2 Å². The van der Waals surface area contributed by atoms with Crippen LogP contribution in [0.4, 0.5) is 8.78 Å². The topological polar surface area (TPSA) is 36.2 Å². The second-order valence-corrected chi connectivity index (χ2v) is 2.13. The van der Waals surface area contributed by atoms with Crippen molar-refractivity contribution in [1.29, 1.82) is 5.41 Å². The second-order valence-electron chi connectivity index (χ2n) is 2.13. The fraction of sp³-hybridized carbons (Fsp3) is 0. The third kappa shape index (κ3) is 1.53. The molecule has 0 aliphatic carbocycles. The van der Waals surface area contributed by atoms with Gasteiger partial charge >= 0.3 is 0 Å². The summed E-state index contributed by atoms with van der Waals surface area (Å²) in [6.45, 7) is 3.04. The Labute approximate surface area is 68.1 Å². The van der Waals surface area contributed by atoms with E-state index in [1.165, 1.54) is 0 Å². The molecule has 0 amide bonds. The Morgan fingerprint density at radius 1 is 1.42 bits per heavy atom. The molecule has 0 aliphatic heterocycles. The zero-order valence-corrected chi connectivity index (χ0v) is 6.14. The van der Waals surface area contributed by atoms with Crippen LogP contribution in [0.3, 0.4) is 0 Å². The molecular formula is C8H6F2N2. The van der Waals surface area contributed by atoms with Crippen LogP contribution in [0, 0.1) is 17.0 Å². The molecule has 2 nitrogen and oxygen atoms in total. The number of benzene rings is 1. The lowest BCUT2D eigenvalue weighted by Gasteiger charge is -1.98. The lowest BCUT2D eigenvalue weighted by atomic mass is 10.2. The van der Waals surface area contributed by atoms with E-state index in [0.29, 0.717) is 0 Å². The van der Waals surface area contributed by atoms with Crippen LogP contribution in [0.5, 0.6) is 0 Å². The number of nitrogens with zero attached hydrogens (tertiary/aromatic N) is 1. The van der Waals surface area contributed by atoms with Crippen LogP contribution < -0.4 is 0 Å². The van der Waals surface area contributed by atoms with Gasteiger partial charge in [-0.1, -0.05) is 0 Å². The van der Waals surface area contributed by atoms with E-state index in [4.69, 9.17) is 5.41 Å². The van der Waals surface area contributed by atoms with Crippen molar-refractivity contribution in [2.75, 3.05) is 0 Å². The summed E-state index contributed by atoms with van der Waals surface area (Å²) in [4.78, 5) is 3.19. The lowest BCUT2D eigenvalue weighted by Crippen LogP contribution is -1.98. The van der Waals surface area contributed by atoms with E-state index in [1.54, 1.807) is 0 Å². The number of amidine groups is 1. The van der Waals surface area contributed by atoms with Crippen molar-refractivity contribution in [3.05, 3.63) is 35.4 Å². The van der Waals surface area contributed by atoms with Crippen molar-refractivity contribution < 1.29 is 8.78 Å². The number of aliphatic imine (C=N–C) groups is 1. The normalized spacial score (nSPS) is 9.50. The number of hydrogen-bond donors (Lipinski definition) is 1. The molecule has 0 heterocycles. The van der Waals surface area contributed by atoms with E-state index in [1.807, 2.05) is 0 Å². The van der Waals surface area contributed by atoms with Crippen molar-refractivity contribution >= 4 is 12.6 Å². The third-order valence-electron chi connectivity index (χ3n) is 1.34. The van der Waals surface area contributed by atoms with Gasteiger partial charge in [-0.3, -0.25) is 5.41 Å².